The largest absolute Gasteiger partial charge is 0.390 e. The summed E-state index contributed by atoms with van der Waals surface area (Å²) in [6, 6.07) is 2.31. The second-order valence-corrected chi connectivity index (χ2v) is 8.91. The molecule has 27 heavy (non-hydrogen) atoms. The normalized spacial score (nSPS) is 34.1. The summed E-state index contributed by atoms with van der Waals surface area (Å²) in [7, 11) is 0. The number of carbonyl (C=O) groups excluding carboxylic acids is 1. The van der Waals surface area contributed by atoms with Crippen molar-refractivity contribution < 1.29 is 9.90 Å². The van der Waals surface area contributed by atoms with E-state index in [2.05, 4.69) is 20.6 Å². The lowest BCUT2D eigenvalue weighted by molar-refractivity contribution is -0.129. The molecule has 4 bridgehead atoms. The van der Waals surface area contributed by atoms with E-state index in [0.29, 0.717) is 35.9 Å². The summed E-state index contributed by atoms with van der Waals surface area (Å²) in [4.78, 5) is 20.3. The Bertz CT molecular complexity index is 860. The molecule has 0 saturated heterocycles. The molecule has 0 radical (unpaired) electrons. The van der Waals surface area contributed by atoms with E-state index in [4.69, 9.17) is 0 Å². The van der Waals surface area contributed by atoms with Crippen LogP contribution in [-0.2, 0) is 0 Å². The Kier molecular flexibility index (Phi) is 3.93. The molecule has 6 nitrogen and oxygen atoms in total. The van der Waals surface area contributed by atoms with Gasteiger partial charge in [-0.1, -0.05) is 6.92 Å². The quantitative estimate of drug-likeness (QED) is 0.653. The Labute approximate surface area is 159 Å². The van der Waals surface area contributed by atoms with Crippen LogP contribution in [-0.4, -0.2) is 39.2 Å². The number of pyridine rings is 1. The molecule has 1 amide bonds. The van der Waals surface area contributed by atoms with Crippen LogP contribution in [0.5, 0.6) is 0 Å². The number of rotatable bonds is 5. The maximum atomic E-state index is 12.7. The van der Waals surface area contributed by atoms with E-state index >= 15 is 0 Å². The van der Waals surface area contributed by atoms with Crippen molar-refractivity contribution in [3.05, 3.63) is 24.0 Å². The highest BCUT2D eigenvalue weighted by molar-refractivity contribution is 6.06. The number of aromatic nitrogens is 2. The molecule has 4 N–H and O–H groups in total. The third-order valence-electron chi connectivity index (χ3n) is 6.92. The van der Waals surface area contributed by atoms with Crippen LogP contribution in [0.3, 0.4) is 0 Å². The van der Waals surface area contributed by atoms with Crippen molar-refractivity contribution >= 4 is 22.6 Å². The number of aliphatic hydroxyl groups is 1. The minimum absolute atomic E-state index is 0.0719. The summed E-state index contributed by atoms with van der Waals surface area (Å²) >= 11 is 0. The summed E-state index contributed by atoms with van der Waals surface area (Å²) in [5.41, 5.74) is 1.85. The van der Waals surface area contributed by atoms with Crippen LogP contribution in [0.2, 0.25) is 0 Å². The third kappa shape index (κ3) is 2.81. The van der Waals surface area contributed by atoms with E-state index in [9.17, 15) is 9.90 Å². The Hall–Kier alpha value is -2.08. The number of nitrogens with one attached hydrogen (secondary N) is 3. The molecular weight excluding hydrogens is 340 g/mol. The lowest BCUT2D eigenvalue weighted by atomic mass is 9.52. The maximum Gasteiger partial charge on any atom is 0.254 e. The predicted octanol–water partition coefficient (Wildman–Crippen LogP) is 3.05. The Morgan fingerprint density at radius 3 is 2.81 bits per heavy atom. The molecule has 0 aliphatic heterocycles. The van der Waals surface area contributed by atoms with E-state index in [1.54, 1.807) is 6.20 Å². The molecule has 3 unspecified atom stereocenters. The van der Waals surface area contributed by atoms with Crippen LogP contribution < -0.4 is 10.6 Å². The highest BCUT2D eigenvalue weighted by Gasteiger charge is 2.54. The molecule has 0 aromatic carbocycles. The van der Waals surface area contributed by atoms with Gasteiger partial charge in [0.05, 0.1) is 16.9 Å². The van der Waals surface area contributed by atoms with Gasteiger partial charge in [0.25, 0.3) is 5.91 Å². The number of carbonyl (C=O) groups is 1. The number of hydrogen-bond donors (Lipinski definition) is 4. The van der Waals surface area contributed by atoms with E-state index in [1.807, 2.05) is 19.2 Å². The minimum atomic E-state index is -0.447. The van der Waals surface area contributed by atoms with Crippen LogP contribution in [0.4, 0.5) is 5.69 Å². The first-order valence-electron chi connectivity index (χ1n) is 10.3. The van der Waals surface area contributed by atoms with Gasteiger partial charge in [0.2, 0.25) is 0 Å². The molecule has 4 fully saturated rings. The second-order valence-electron chi connectivity index (χ2n) is 8.91. The molecular formula is C21H28N4O2. The maximum absolute atomic E-state index is 12.7. The molecule has 4 aliphatic rings. The summed E-state index contributed by atoms with van der Waals surface area (Å²) < 4.78 is 0. The van der Waals surface area contributed by atoms with Gasteiger partial charge in [-0.15, -0.1) is 0 Å². The van der Waals surface area contributed by atoms with Gasteiger partial charge in [-0.2, -0.15) is 0 Å². The van der Waals surface area contributed by atoms with Gasteiger partial charge < -0.3 is 20.7 Å². The van der Waals surface area contributed by atoms with Crippen molar-refractivity contribution in [3.63, 3.8) is 0 Å². The molecule has 6 rings (SSSR count). The SMILES string of the molecule is CCCNC(=O)c1cnc2[nH]ccc2c1NC1[C@@H]2CC3C[C@H]1CC(O)(C3)C2. The van der Waals surface area contributed by atoms with E-state index in [0.717, 1.165) is 42.4 Å². The number of aromatic amines is 1. The average Bonchev–Trinajstić information content (AvgIpc) is 3.10. The molecule has 2 aromatic rings. The highest BCUT2D eigenvalue weighted by Crippen LogP contribution is 2.56. The van der Waals surface area contributed by atoms with Gasteiger partial charge in [-0.3, -0.25) is 4.79 Å². The fourth-order valence-electron chi connectivity index (χ4n) is 6.05. The summed E-state index contributed by atoms with van der Waals surface area (Å²) in [5, 5.41) is 18.6. The Balaban J connectivity index is 1.49. The first-order valence-corrected chi connectivity index (χ1v) is 10.3. The van der Waals surface area contributed by atoms with Crippen molar-refractivity contribution in [1.82, 2.24) is 15.3 Å². The number of fused-ring (bicyclic) bond motifs is 1. The van der Waals surface area contributed by atoms with Gasteiger partial charge in [0.1, 0.15) is 5.65 Å². The van der Waals surface area contributed by atoms with Crippen LogP contribution in [0.25, 0.3) is 11.0 Å². The molecule has 2 heterocycles. The molecule has 6 heteroatoms. The fourth-order valence-corrected chi connectivity index (χ4v) is 6.05. The van der Waals surface area contributed by atoms with E-state index in [1.165, 1.54) is 12.8 Å². The Morgan fingerprint density at radius 1 is 1.33 bits per heavy atom. The summed E-state index contributed by atoms with van der Waals surface area (Å²) in [6.45, 7) is 2.71. The lowest BCUT2D eigenvalue weighted by Crippen LogP contribution is -2.59. The van der Waals surface area contributed by atoms with Crippen LogP contribution in [0, 0.1) is 17.8 Å². The molecule has 2 aromatic heterocycles. The van der Waals surface area contributed by atoms with Crippen molar-refractivity contribution in [2.24, 2.45) is 17.8 Å². The lowest BCUT2D eigenvalue weighted by Gasteiger charge is -2.58. The first-order chi connectivity index (χ1) is 13.1. The van der Waals surface area contributed by atoms with Crippen molar-refractivity contribution in [3.8, 4) is 0 Å². The smallest absolute Gasteiger partial charge is 0.254 e. The second kappa shape index (κ2) is 6.23. The van der Waals surface area contributed by atoms with Crippen molar-refractivity contribution in [2.45, 2.75) is 57.1 Å². The average molecular weight is 368 g/mol. The van der Waals surface area contributed by atoms with Gasteiger partial charge in [0.15, 0.2) is 0 Å². The molecule has 4 saturated carbocycles. The van der Waals surface area contributed by atoms with Crippen LogP contribution >= 0.6 is 0 Å². The zero-order valence-electron chi connectivity index (χ0n) is 15.8. The predicted molar refractivity (Wildman–Crippen MR) is 105 cm³/mol. The number of amides is 1. The van der Waals surface area contributed by atoms with Gasteiger partial charge in [-0.25, -0.2) is 4.98 Å². The standard InChI is InChI=1S/C21H28N4O2/c1-2-4-23-20(26)16-11-24-19-15(3-5-22-19)18(16)25-17-13-6-12-7-14(17)10-21(27,8-12)9-13/h3,5,11-14,17,27H,2,4,6-10H2,1H3,(H,23,26)(H2,22,24,25)/t12?,13-,14+,17?,21?. The number of anilines is 1. The summed E-state index contributed by atoms with van der Waals surface area (Å²) in [6.07, 6.45) is 9.58. The van der Waals surface area contributed by atoms with Crippen LogP contribution in [0.15, 0.2) is 18.5 Å². The van der Waals surface area contributed by atoms with E-state index < -0.39 is 5.60 Å². The fraction of sp³-hybridized carbons (Fsp3) is 0.619. The highest BCUT2D eigenvalue weighted by atomic mass is 16.3. The molecule has 5 atom stereocenters. The topological polar surface area (TPSA) is 90.0 Å². The van der Waals surface area contributed by atoms with E-state index in [-0.39, 0.29) is 5.91 Å². The number of H-pyrrole nitrogens is 1. The third-order valence-corrected chi connectivity index (χ3v) is 6.92. The van der Waals surface area contributed by atoms with Crippen LogP contribution in [0.1, 0.15) is 55.8 Å². The zero-order chi connectivity index (χ0) is 18.6. The van der Waals surface area contributed by atoms with Gasteiger partial charge >= 0.3 is 0 Å². The zero-order valence-corrected chi connectivity index (χ0v) is 15.8. The van der Waals surface area contributed by atoms with Crippen molar-refractivity contribution in [2.75, 3.05) is 11.9 Å². The van der Waals surface area contributed by atoms with Gasteiger partial charge in [0, 0.05) is 30.4 Å². The monoisotopic (exact) mass is 368 g/mol. The first kappa shape index (κ1) is 17.0. The summed E-state index contributed by atoms with van der Waals surface area (Å²) in [5.74, 6) is 1.56. The van der Waals surface area contributed by atoms with Gasteiger partial charge in [-0.05, 0) is 62.3 Å². The molecule has 144 valence electrons. The Morgan fingerprint density at radius 2 is 2.11 bits per heavy atom. The molecule has 0 spiro atoms. The minimum Gasteiger partial charge on any atom is -0.390 e. The molecule has 4 aliphatic carbocycles. The number of nitrogens with zero attached hydrogens (tertiary/aromatic N) is 1. The van der Waals surface area contributed by atoms with Crippen molar-refractivity contribution in [1.29, 1.82) is 0 Å². The number of hydrogen-bond acceptors (Lipinski definition) is 4.